The molecule has 0 radical (unpaired) electrons. The van der Waals surface area contributed by atoms with Gasteiger partial charge in [-0.1, -0.05) is 11.8 Å². The molecular weight excluding hydrogens is 368 g/mol. The smallest absolute Gasteiger partial charge is 0.235 e. The third-order valence-corrected chi connectivity index (χ3v) is 6.34. The summed E-state index contributed by atoms with van der Waals surface area (Å²) in [5.41, 5.74) is 0.502. The van der Waals surface area contributed by atoms with Gasteiger partial charge in [0.15, 0.2) is 5.16 Å². The molecule has 26 heavy (non-hydrogen) atoms. The minimum atomic E-state index is -0.126. The Morgan fingerprint density at radius 1 is 1.35 bits per heavy atom. The maximum atomic E-state index is 12.3. The molecule has 2 aliphatic rings. The van der Waals surface area contributed by atoms with Crippen molar-refractivity contribution in [1.82, 2.24) is 14.8 Å². The highest BCUT2D eigenvalue weighted by molar-refractivity contribution is 7.99. The van der Waals surface area contributed by atoms with E-state index in [1.54, 1.807) is 11.4 Å². The summed E-state index contributed by atoms with van der Waals surface area (Å²) in [4.78, 5) is 14.6. The largest absolute Gasteiger partial charge is 0.341 e. The Morgan fingerprint density at radius 3 is 2.88 bits per heavy atom. The number of hydrogen-bond acceptors (Lipinski definition) is 7. The van der Waals surface area contributed by atoms with Gasteiger partial charge in [-0.2, -0.15) is 5.26 Å². The minimum Gasteiger partial charge on any atom is -0.341 e. The Balaban J connectivity index is 1.42. The summed E-state index contributed by atoms with van der Waals surface area (Å²) < 4.78 is 2.22. The van der Waals surface area contributed by atoms with Crippen LogP contribution in [0.1, 0.15) is 43.7 Å². The number of carbonyl (C=O) groups is 1. The second-order valence-corrected chi connectivity index (χ2v) is 8.40. The van der Waals surface area contributed by atoms with Crippen LogP contribution in [0.3, 0.4) is 0 Å². The first-order chi connectivity index (χ1) is 12.8. The van der Waals surface area contributed by atoms with Gasteiger partial charge < -0.3 is 10.2 Å². The van der Waals surface area contributed by atoms with Gasteiger partial charge in [0.2, 0.25) is 11.9 Å². The van der Waals surface area contributed by atoms with Gasteiger partial charge in [-0.15, -0.1) is 21.5 Å². The van der Waals surface area contributed by atoms with E-state index in [4.69, 9.17) is 5.26 Å². The van der Waals surface area contributed by atoms with E-state index in [1.165, 1.54) is 42.4 Å². The Labute approximate surface area is 160 Å². The molecular formula is C17H20N6OS2. The molecule has 2 aromatic rings. The van der Waals surface area contributed by atoms with Gasteiger partial charge in [0.25, 0.3) is 0 Å². The lowest BCUT2D eigenvalue weighted by Gasteiger charge is -2.27. The van der Waals surface area contributed by atoms with Crippen molar-refractivity contribution >= 4 is 40.0 Å². The first-order valence-electron chi connectivity index (χ1n) is 8.86. The van der Waals surface area contributed by atoms with Gasteiger partial charge in [0.1, 0.15) is 11.1 Å². The Hall–Kier alpha value is -2.05. The number of piperidine rings is 1. The van der Waals surface area contributed by atoms with Crippen molar-refractivity contribution in [3.63, 3.8) is 0 Å². The first-order valence-corrected chi connectivity index (χ1v) is 10.7. The van der Waals surface area contributed by atoms with Gasteiger partial charge in [-0.25, -0.2) is 0 Å². The van der Waals surface area contributed by atoms with Gasteiger partial charge >= 0.3 is 0 Å². The molecule has 1 saturated heterocycles. The Morgan fingerprint density at radius 2 is 2.15 bits per heavy atom. The second kappa shape index (κ2) is 7.68. The third kappa shape index (κ3) is 3.71. The van der Waals surface area contributed by atoms with Crippen LogP contribution in [0.5, 0.6) is 0 Å². The fourth-order valence-electron chi connectivity index (χ4n) is 3.12. The summed E-state index contributed by atoms with van der Waals surface area (Å²) in [6, 6.07) is 4.26. The van der Waals surface area contributed by atoms with Crippen LogP contribution in [0.2, 0.25) is 0 Å². The molecule has 2 fully saturated rings. The van der Waals surface area contributed by atoms with Crippen molar-refractivity contribution in [1.29, 1.82) is 5.26 Å². The van der Waals surface area contributed by atoms with Crippen LogP contribution in [0.15, 0.2) is 16.6 Å². The topological polar surface area (TPSA) is 86.8 Å². The summed E-state index contributed by atoms with van der Waals surface area (Å²) >= 11 is 2.78. The highest BCUT2D eigenvalue weighted by atomic mass is 32.2. The summed E-state index contributed by atoms with van der Waals surface area (Å²) in [5.74, 6) is 1.09. The molecule has 1 aliphatic heterocycles. The SMILES string of the molecule is N#Cc1ccsc1NC(=O)CSc1nnc(N2CCCCC2)n1C1CC1. The monoisotopic (exact) mass is 388 g/mol. The van der Waals surface area contributed by atoms with Crippen molar-refractivity contribution in [3.8, 4) is 6.07 Å². The van der Waals surface area contributed by atoms with Crippen LogP contribution in [0, 0.1) is 11.3 Å². The molecule has 136 valence electrons. The number of thioether (sulfide) groups is 1. The van der Waals surface area contributed by atoms with E-state index >= 15 is 0 Å². The number of nitriles is 1. The van der Waals surface area contributed by atoms with E-state index in [-0.39, 0.29) is 11.7 Å². The lowest BCUT2D eigenvalue weighted by atomic mass is 10.1. The lowest BCUT2D eigenvalue weighted by molar-refractivity contribution is -0.113. The normalized spacial score (nSPS) is 17.1. The number of rotatable bonds is 6. The van der Waals surface area contributed by atoms with Crippen LogP contribution in [-0.2, 0) is 4.79 Å². The third-order valence-electron chi connectivity index (χ3n) is 4.57. The maximum Gasteiger partial charge on any atom is 0.235 e. The molecule has 3 heterocycles. The highest BCUT2D eigenvalue weighted by Gasteiger charge is 2.32. The summed E-state index contributed by atoms with van der Waals surface area (Å²) in [6.07, 6.45) is 5.98. The number of amides is 1. The van der Waals surface area contributed by atoms with Crippen molar-refractivity contribution < 1.29 is 4.79 Å². The van der Waals surface area contributed by atoms with Gasteiger partial charge in [0.05, 0.1) is 11.3 Å². The van der Waals surface area contributed by atoms with E-state index in [0.29, 0.717) is 16.6 Å². The molecule has 0 spiro atoms. The quantitative estimate of drug-likeness (QED) is 0.764. The molecule has 4 rings (SSSR count). The number of hydrogen-bond donors (Lipinski definition) is 1. The molecule has 1 aliphatic carbocycles. The number of carbonyl (C=O) groups excluding carboxylic acids is 1. The fourth-order valence-corrected chi connectivity index (χ4v) is 4.67. The number of anilines is 2. The summed E-state index contributed by atoms with van der Waals surface area (Å²) in [6.45, 7) is 2.07. The zero-order chi connectivity index (χ0) is 17.9. The molecule has 9 heteroatoms. The number of nitrogens with one attached hydrogen (secondary N) is 1. The van der Waals surface area contributed by atoms with Gasteiger partial charge in [0, 0.05) is 19.1 Å². The minimum absolute atomic E-state index is 0.126. The average Bonchev–Trinajstić information content (AvgIpc) is 3.26. The molecule has 2 aromatic heterocycles. The molecule has 1 N–H and O–H groups in total. The zero-order valence-corrected chi connectivity index (χ0v) is 16.0. The molecule has 1 saturated carbocycles. The van der Waals surface area contributed by atoms with Crippen molar-refractivity contribution in [3.05, 3.63) is 17.0 Å². The van der Waals surface area contributed by atoms with E-state index in [0.717, 1.165) is 37.0 Å². The van der Waals surface area contributed by atoms with Crippen molar-refractivity contribution in [2.75, 3.05) is 29.1 Å². The summed E-state index contributed by atoms with van der Waals surface area (Å²) in [5, 5.41) is 23.9. The van der Waals surface area contributed by atoms with Crippen molar-refractivity contribution in [2.24, 2.45) is 0 Å². The van der Waals surface area contributed by atoms with Gasteiger partial charge in [-0.05, 0) is 43.6 Å². The van der Waals surface area contributed by atoms with E-state index < -0.39 is 0 Å². The highest BCUT2D eigenvalue weighted by Crippen LogP contribution is 2.41. The number of thiophene rings is 1. The lowest BCUT2D eigenvalue weighted by Crippen LogP contribution is -2.32. The predicted octanol–water partition coefficient (Wildman–Crippen LogP) is 3.27. The molecule has 0 unspecified atom stereocenters. The molecule has 7 nitrogen and oxygen atoms in total. The van der Waals surface area contributed by atoms with Crippen LogP contribution in [-0.4, -0.2) is 39.5 Å². The molecule has 1 amide bonds. The van der Waals surface area contributed by atoms with Crippen LogP contribution in [0.25, 0.3) is 0 Å². The van der Waals surface area contributed by atoms with E-state index in [1.807, 2.05) is 0 Å². The molecule has 0 aromatic carbocycles. The zero-order valence-electron chi connectivity index (χ0n) is 14.3. The maximum absolute atomic E-state index is 12.3. The average molecular weight is 389 g/mol. The van der Waals surface area contributed by atoms with Crippen LogP contribution >= 0.6 is 23.1 Å². The van der Waals surface area contributed by atoms with Crippen molar-refractivity contribution in [2.45, 2.75) is 43.3 Å². The first kappa shape index (κ1) is 17.4. The Bertz CT molecular complexity index is 829. The second-order valence-electron chi connectivity index (χ2n) is 6.54. The van der Waals surface area contributed by atoms with E-state index in [9.17, 15) is 4.79 Å². The van der Waals surface area contributed by atoms with Crippen LogP contribution < -0.4 is 10.2 Å². The number of nitrogens with zero attached hydrogens (tertiary/aromatic N) is 5. The fraction of sp³-hybridized carbons (Fsp3) is 0.529. The van der Waals surface area contributed by atoms with E-state index in [2.05, 4.69) is 31.1 Å². The standard InChI is InChI=1S/C17H20N6OS2/c18-10-12-6-9-25-15(12)19-14(24)11-26-17-21-20-16(23(17)13-4-5-13)22-7-2-1-3-8-22/h6,9,13H,1-5,7-8,11H2,(H,19,24). The number of aromatic nitrogens is 3. The molecule has 0 bridgehead atoms. The predicted molar refractivity (Wildman–Crippen MR) is 103 cm³/mol. The molecule has 0 atom stereocenters. The van der Waals surface area contributed by atoms with Gasteiger partial charge in [-0.3, -0.25) is 9.36 Å². The summed E-state index contributed by atoms with van der Waals surface area (Å²) in [7, 11) is 0. The van der Waals surface area contributed by atoms with Crippen LogP contribution in [0.4, 0.5) is 10.9 Å². The Kier molecular flexibility index (Phi) is 5.13.